The van der Waals surface area contributed by atoms with E-state index in [1.54, 1.807) is 19.9 Å². The summed E-state index contributed by atoms with van der Waals surface area (Å²) in [5, 5.41) is 0.323. The van der Waals surface area contributed by atoms with Crippen molar-refractivity contribution in [2.45, 2.75) is 13.8 Å². The monoisotopic (exact) mass is 242 g/mol. The highest BCUT2D eigenvalue weighted by atomic mass is 35.5. The maximum atomic E-state index is 13.4. The van der Waals surface area contributed by atoms with E-state index in [-0.39, 0.29) is 0 Å². The highest BCUT2D eigenvalue weighted by Gasteiger charge is 2.06. The first-order valence-corrected chi connectivity index (χ1v) is 5.23. The van der Waals surface area contributed by atoms with Gasteiger partial charge in [-0.3, -0.25) is 0 Å². The van der Waals surface area contributed by atoms with Crippen LogP contribution in [-0.4, -0.2) is 12.6 Å². The standard InChI is InChI=1S/C12H12ClFO2/c1-3-16-12(15)8(2)6-9-4-5-10(13)7-11(9)14/h4-7H,3H2,1-2H3/b8-6+. The fraction of sp³-hybridized carbons (Fsp3) is 0.250. The van der Waals surface area contributed by atoms with Gasteiger partial charge in [0.15, 0.2) is 0 Å². The first-order chi connectivity index (χ1) is 7.54. The molecule has 0 atom stereocenters. The van der Waals surface area contributed by atoms with Crippen molar-refractivity contribution in [1.82, 2.24) is 0 Å². The van der Waals surface area contributed by atoms with Crippen LogP contribution in [0.2, 0.25) is 5.02 Å². The lowest BCUT2D eigenvalue weighted by Crippen LogP contribution is -2.04. The van der Waals surface area contributed by atoms with Crippen LogP contribution in [0.4, 0.5) is 4.39 Å². The Labute approximate surface area is 98.7 Å². The molecular formula is C12H12ClFO2. The molecule has 1 rings (SSSR count). The number of esters is 1. The van der Waals surface area contributed by atoms with Gasteiger partial charge in [0.1, 0.15) is 5.82 Å². The second-order valence-electron chi connectivity index (χ2n) is 3.21. The van der Waals surface area contributed by atoms with E-state index < -0.39 is 11.8 Å². The number of hydrogen-bond acceptors (Lipinski definition) is 2. The maximum absolute atomic E-state index is 13.4. The molecule has 0 amide bonds. The van der Waals surface area contributed by atoms with Gasteiger partial charge in [-0.2, -0.15) is 0 Å². The molecule has 0 N–H and O–H groups in total. The van der Waals surface area contributed by atoms with Crippen LogP contribution in [0.1, 0.15) is 19.4 Å². The van der Waals surface area contributed by atoms with Crippen molar-refractivity contribution >= 4 is 23.6 Å². The molecule has 0 aromatic heterocycles. The molecule has 1 aromatic rings. The largest absolute Gasteiger partial charge is 0.463 e. The number of hydrogen-bond donors (Lipinski definition) is 0. The zero-order chi connectivity index (χ0) is 12.1. The van der Waals surface area contributed by atoms with Crippen molar-refractivity contribution in [3.63, 3.8) is 0 Å². The van der Waals surface area contributed by atoms with Crippen molar-refractivity contribution in [2.75, 3.05) is 6.61 Å². The molecule has 0 aliphatic heterocycles. The molecule has 0 aliphatic rings. The molecule has 0 unspecified atom stereocenters. The highest BCUT2D eigenvalue weighted by molar-refractivity contribution is 6.30. The predicted molar refractivity (Wildman–Crippen MR) is 61.7 cm³/mol. The zero-order valence-corrected chi connectivity index (χ0v) is 9.84. The third kappa shape index (κ3) is 3.35. The van der Waals surface area contributed by atoms with E-state index in [0.717, 1.165) is 0 Å². The fourth-order valence-corrected chi connectivity index (χ4v) is 1.31. The van der Waals surface area contributed by atoms with E-state index in [1.807, 2.05) is 0 Å². The minimum atomic E-state index is -0.462. The van der Waals surface area contributed by atoms with Crippen molar-refractivity contribution in [2.24, 2.45) is 0 Å². The second kappa shape index (κ2) is 5.66. The molecular weight excluding hydrogens is 231 g/mol. The molecule has 2 nitrogen and oxygen atoms in total. The molecule has 0 heterocycles. The van der Waals surface area contributed by atoms with Crippen LogP contribution in [-0.2, 0) is 9.53 Å². The summed E-state index contributed by atoms with van der Waals surface area (Å²) >= 11 is 5.61. The van der Waals surface area contributed by atoms with E-state index in [2.05, 4.69) is 0 Å². The summed E-state index contributed by atoms with van der Waals surface area (Å²) in [5.41, 5.74) is 0.665. The van der Waals surface area contributed by atoms with Gasteiger partial charge < -0.3 is 4.74 Å². The molecule has 1 aromatic carbocycles. The van der Waals surface area contributed by atoms with E-state index in [9.17, 15) is 9.18 Å². The number of halogens is 2. The van der Waals surface area contributed by atoms with Crippen LogP contribution in [0.25, 0.3) is 6.08 Å². The summed E-state index contributed by atoms with van der Waals surface area (Å²) in [6, 6.07) is 4.28. The normalized spacial score (nSPS) is 11.4. The minimum absolute atomic E-state index is 0.299. The maximum Gasteiger partial charge on any atom is 0.333 e. The van der Waals surface area contributed by atoms with Gasteiger partial charge >= 0.3 is 5.97 Å². The predicted octanol–water partition coefficient (Wildman–Crippen LogP) is 3.45. The molecule has 0 fully saturated rings. The summed E-state index contributed by atoms with van der Waals surface area (Å²) in [6.45, 7) is 3.59. The molecule has 0 bridgehead atoms. The first-order valence-electron chi connectivity index (χ1n) is 4.85. The van der Waals surface area contributed by atoms with E-state index in [0.29, 0.717) is 22.8 Å². The molecule has 86 valence electrons. The number of carbonyl (C=O) groups excluding carboxylic acids is 1. The zero-order valence-electron chi connectivity index (χ0n) is 9.09. The Morgan fingerprint density at radius 3 is 2.81 bits per heavy atom. The summed E-state index contributed by atoms with van der Waals surface area (Å²) in [4.78, 5) is 11.3. The van der Waals surface area contributed by atoms with Gasteiger partial charge in [-0.25, -0.2) is 9.18 Å². The van der Waals surface area contributed by atoms with Crippen molar-refractivity contribution in [3.05, 3.63) is 40.2 Å². The molecule has 0 spiro atoms. The quantitative estimate of drug-likeness (QED) is 0.600. The van der Waals surface area contributed by atoms with Crippen LogP contribution in [0.5, 0.6) is 0 Å². The Morgan fingerprint density at radius 2 is 2.25 bits per heavy atom. The molecule has 4 heteroatoms. The topological polar surface area (TPSA) is 26.3 Å². The van der Waals surface area contributed by atoms with E-state index in [1.165, 1.54) is 18.2 Å². The summed E-state index contributed by atoms with van der Waals surface area (Å²) < 4.78 is 18.2. The molecule has 0 saturated carbocycles. The van der Waals surface area contributed by atoms with Crippen LogP contribution >= 0.6 is 11.6 Å². The number of ether oxygens (including phenoxy) is 1. The van der Waals surface area contributed by atoms with Crippen molar-refractivity contribution in [1.29, 1.82) is 0 Å². The Kier molecular flexibility index (Phi) is 4.50. The van der Waals surface area contributed by atoms with Crippen LogP contribution in [0.15, 0.2) is 23.8 Å². The van der Waals surface area contributed by atoms with E-state index in [4.69, 9.17) is 16.3 Å². The summed E-state index contributed by atoms with van der Waals surface area (Å²) in [6.07, 6.45) is 1.43. The van der Waals surface area contributed by atoms with Gasteiger partial charge in [-0.05, 0) is 32.1 Å². The van der Waals surface area contributed by atoms with Gasteiger partial charge in [0.25, 0.3) is 0 Å². The Hall–Kier alpha value is -1.35. The number of rotatable bonds is 3. The second-order valence-corrected chi connectivity index (χ2v) is 3.65. The van der Waals surface area contributed by atoms with Gasteiger partial charge in [-0.15, -0.1) is 0 Å². The van der Waals surface area contributed by atoms with Gasteiger partial charge in [0, 0.05) is 16.2 Å². The van der Waals surface area contributed by atoms with Crippen LogP contribution in [0, 0.1) is 5.82 Å². The summed E-state index contributed by atoms with van der Waals surface area (Å²) in [5.74, 6) is -0.909. The van der Waals surface area contributed by atoms with Gasteiger partial charge in [0.05, 0.1) is 6.61 Å². The van der Waals surface area contributed by atoms with Crippen molar-refractivity contribution < 1.29 is 13.9 Å². The SMILES string of the molecule is CCOC(=O)/C(C)=C/c1ccc(Cl)cc1F. The average molecular weight is 243 g/mol. The Morgan fingerprint density at radius 1 is 1.56 bits per heavy atom. The average Bonchev–Trinajstić information content (AvgIpc) is 2.22. The number of carbonyl (C=O) groups is 1. The third-order valence-electron chi connectivity index (χ3n) is 1.93. The van der Waals surface area contributed by atoms with Crippen LogP contribution in [0.3, 0.4) is 0 Å². The molecule has 0 aliphatic carbocycles. The molecule has 16 heavy (non-hydrogen) atoms. The number of benzene rings is 1. The third-order valence-corrected chi connectivity index (χ3v) is 2.17. The lowest BCUT2D eigenvalue weighted by molar-refractivity contribution is -0.138. The molecule has 0 saturated heterocycles. The first kappa shape index (κ1) is 12.7. The van der Waals surface area contributed by atoms with E-state index >= 15 is 0 Å². The van der Waals surface area contributed by atoms with Gasteiger partial charge in [-0.1, -0.05) is 17.7 Å². The lowest BCUT2D eigenvalue weighted by atomic mass is 10.1. The lowest BCUT2D eigenvalue weighted by Gasteiger charge is -2.02. The fourth-order valence-electron chi connectivity index (χ4n) is 1.16. The van der Waals surface area contributed by atoms with Crippen LogP contribution < -0.4 is 0 Å². The van der Waals surface area contributed by atoms with Crippen molar-refractivity contribution in [3.8, 4) is 0 Å². The highest BCUT2D eigenvalue weighted by Crippen LogP contribution is 2.17. The summed E-state index contributed by atoms with van der Waals surface area (Å²) in [7, 11) is 0. The smallest absolute Gasteiger partial charge is 0.333 e. The Bertz CT molecular complexity index is 427. The molecule has 0 radical (unpaired) electrons. The Balaban J connectivity index is 2.94. The van der Waals surface area contributed by atoms with Gasteiger partial charge in [0.2, 0.25) is 0 Å². The minimum Gasteiger partial charge on any atom is -0.463 e.